The highest BCUT2D eigenvalue weighted by molar-refractivity contribution is 5.51. The number of ether oxygens (including phenoxy) is 2. The zero-order valence-corrected chi connectivity index (χ0v) is 8.93. The number of hydrogen-bond donors (Lipinski definition) is 1. The number of benzene rings is 1. The molecular formula is C11H13F2NO2. The van der Waals surface area contributed by atoms with Crippen LogP contribution < -0.4 is 15.2 Å². The minimum atomic E-state index is -2.88. The maximum atomic E-state index is 13.2. The van der Waals surface area contributed by atoms with E-state index in [-0.39, 0.29) is 12.4 Å². The van der Waals surface area contributed by atoms with E-state index in [9.17, 15) is 8.78 Å². The second-order valence-corrected chi connectivity index (χ2v) is 3.80. The molecule has 1 heterocycles. The average Bonchev–Trinajstić information content (AvgIpc) is 2.64. The van der Waals surface area contributed by atoms with Crippen molar-refractivity contribution < 1.29 is 18.3 Å². The lowest BCUT2D eigenvalue weighted by Crippen LogP contribution is -2.09. The number of alkyl halides is 2. The van der Waals surface area contributed by atoms with E-state index < -0.39 is 5.92 Å². The summed E-state index contributed by atoms with van der Waals surface area (Å²) in [7, 11) is 0. The zero-order valence-electron chi connectivity index (χ0n) is 8.93. The van der Waals surface area contributed by atoms with Crippen LogP contribution >= 0.6 is 0 Å². The lowest BCUT2D eigenvalue weighted by atomic mass is 10.0. The maximum absolute atomic E-state index is 13.2. The SMILES string of the molecule is CC(F)(F)c1cc(CCN)c2c(c1)OCO2. The van der Waals surface area contributed by atoms with Gasteiger partial charge in [0.15, 0.2) is 11.5 Å². The molecule has 0 spiro atoms. The van der Waals surface area contributed by atoms with Crippen LogP contribution in [0.25, 0.3) is 0 Å². The van der Waals surface area contributed by atoms with Gasteiger partial charge in [0.25, 0.3) is 5.92 Å². The molecule has 16 heavy (non-hydrogen) atoms. The average molecular weight is 229 g/mol. The Morgan fingerprint density at radius 2 is 2.12 bits per heavy atom. The Bertz CT molecular complexity index is 402. The van der Waals surface area contributed by atoms with Crippen LogP contribution in [-0.4, -0.2) is 13.3 Å². The minimum Gasteiger partial charge on any atom is -0.454 e. The van der Waals surface area contributed by atoms with E-state index >= 15 is 0 Å². The van der Waals surface area contributed by atoms with Gasteiger partial charge in [0.05, 0.1) is 0 Å². The summed E-state index contributed by atoms with van der Waals surface area (Å²) in [6.07, 6.45) is 0.496. The van der Waals surface area contributed by atoms with Crippen molar-refractivity contribution in [3.63, 3.8) is 0 Å². The smallest absolute Gasteiger partial charge is 0.270 e. The van der Waals surface area contributed by atoms with Crippen molar-refractivity contribution in [2.24, 2.45) is 5.73 Å². The first-order valence-corrected chi connectivity index (χ1v) is 5.03. The fraction of sp³-hybridized carbons (Fsp3) is 0.455. The fourth-order valence-corrected chi connectivity index (χ4v) is 1.68. The molecule has 2 rings (SSSR count). The second kappa shape index (κ2) is 3.90. The van der Waals surface area contributed by atoms with Gasteiger partial charge in [-0.1, -0.05) is 0 Å². The summed E-state index contributed by atoms with van der Waals surface area (Å²) in [6, 6.07) is 2.75. The summed E-state index contributed by atoms with van der Waals surface area (Å²) < 4.78 is 36.8. The number of halogens is 2. The first-order chi connectivity index (χ1) is 7.52. The van der Waals surface area contributed by atoms with Crippen LogP contribution in [0.1, 0.15) is 18.1 Å². The summed E-state index contributed by atoms with van der Waals surface area (Å²) in [6.45, 7) is 1.32. The summed E-state index contributed by atoms with van der Waals surface area (Å²) >= 11 is 0. The molecule has 1 aliphatic heterocycles. The molecular weight excluding hydrogens is 216 g/mol. The Morgan fingerprint density at radius 1 is 1.38 bits per heavy atom. The molecule has 2 N–H and O–H groups in total. The predicted molar refractivity (Wildman–Crippen MR) is 54.9 cm³/mol. The first-order valence-electron chi connectivity index (χ1n) is 5.03. The van der Waals surface area contributed by atoms with Gasteiger partial charge in [-0.25, -0.2) is 8.78 Å². The third-order valence-electron chi connectivity index (χ3n) is 2.47. The zero-order chi connectivity index (χ0) is 11.8. The molecule has 0 saturated heterocycles. The minimum absolute atomic E-state index is 0.0693. The molecule has 5 heteroatoms. The molecule has 0 aromatic heterocycles. The third-order valence-corrected chi connectivity index (χ3v) is 2.47. The molecule has 1 aromatic carbocycles. The van der Waals surface area contributed by atoms with E-state index in [1.54, 1.807) is 0 Å². The molecule has 0 unspecified atom stereocenters. The molecule has 0 fully saturated rings. The Morgan fingerprint density at radius 3 is 2.75 bits per heavy atom. The molecule has 0 aliphatic carbocycles. The van der Waals surface area contributed by atoms with E-state index in [4.69, 9.17) is 15.2 Å². The van der Waals surface area contributed by atoms with Crippen molar-refractivity contribution >= 4 is 0 Å². The monoisotopic (exact) mass is 229 g/mol. The van der Waals surface area contributed by atoms with Crippen molar-refractivity contribution in [3.05, 3.63) is 23.3 Å². The summed E-state index contributed by atoms with van der Waals surface area (Å²) in [4.78, 5) is 0. The molecule has 1 aliphatic rings. The maximum Gasteiger partial charge on any atom is 0.270 e. The highest BCUT2D eigenvalue weighted by Gasteiger charge is 2.29. The van der Waals surface area contributed by atoms with Crippen LogP contribution in [0.4, 0.5) is 8.78 Å². The van der Waals surface area contributed by atoms with Gasteiger partial charge in [0, 0.05) is 12.5 Å². The standard InChI is InChI=1S/C11H13F2NO2/c1-11(12,13)8-4-7(2-3-14)10-9(5-8)15-6-16-10/h4-5H,2-3,6,14H2,1H3. The number of nitrogens with two attached hydrogens (primary N) is 1. The molecule has 0 radical (unpaired) electrons. The van der Waals surface area contributed by atoms with Crippen LogP contribution in [-0.2, 0) is 12.3 Å². The van der Waals surface area contributed by atoms with Gasteiger partial charge in [0.2, 0.25) is 6.79 Å². The quantitative estimate of drug-likeness (QED) is 0.862. The largest absolute Gasteiger partial charge is 0.454 e. The Balaban J connectivity index is 2.47. The number of rotatable bonds is 3. The van der Waals surface area contributed by atoms with Crippen molar-refractivity contribution in [2.45, 2.75) is 19.3 Å². The van der Waals surface area contributed by atoms with E-state index in [0.29, 0.717) is 30.0 Å². The molecule has 88 valence electrons. The summed E-state index contributed by atoms with van der Waals surface area (Å²) in [5.74, 6) is -1.97. The fourth-order valence-electron chi connectivity index (χ4n) is 1.68. The van der Waals surface area contributed by atoms with Crippen molar-refractivity contribution in [3.8, 4) is 11.5 Å². The summed E-state index contributed by atoms with van der Waals surface area (Å²) in [5, 5.41) is 0. The van der Waals surface area contributed by atoms with Crippen LogP contribution in [0.5, 0.6) is 11.5 Å². The Labute approximate surface area is 92.1 Å². The van der Waals surface area contributed by atoms with Crippen LogP contribution in [0.2, 0.25) is 0 Å². The second-order valence-electron chi connectivity index (χ2n) is 3.80. The Kier molecular flexibility index (Phi) is 2.71. The van der Waals surface area contributed by atoms with Crippen LogP contribution in [0, 0.1) is 0 Å². The highest BCUT2D eigenvalue weighted by Crippen LogP contribution is 2.40. The van der Waals surface area contributed by atoms with Crippen LogP contribution in [0.15, 0.2) is 12.1 Å². The predicted octanol–water partition coefficient (Wildman–Crippen LogP) is 2.03. The molecule has 0 atom stereocenters. The summed E-state index contributed by atoms with van der Waals surface area (Å²) in [5.41, 5.74) is 6.04. The van der Waals surface area contributed by atoms with E-state index in [1.165, 1.54) is 12.1 Å². The molecule has 3 nitrogen and oxygen atoms in total. The Hall–Kier alpha value is -1.36. The number of hydrogen-bond acceptors (Lipinski definition) is 3. The van der Waals surface area contributed by atoms with Gasteiger partial charge in [-0.15, -0.1) is 0 Å². The third kappa shape index (κ3) is 1.95. The van der Waals surface area contributed by atoms with E-state index in [2.05, 4.69) is 0 Å². The topological polar surface area (TPSA) is 44.5 Å². The van der Waals surface area contributed by atoms with Crippen molar-refractivity contribution in [1.29, 1.82) is 0 Å². The van der Waals surface area contributed by atoms with Gasteiger partial charge in [0.1, 0.15) is 0 Å². The van der Waals surface area contributed by atoms with Gasteiger partial charge in [-0.05, 0) is 30.7 Å². The molecule has 0 saturated carbocycles. The van der Waals surface area contributed by atoms with Gasteiger partial charge in [-0.2, -0.15) is 0 Å². The lowest BCUT2D eigenvalue weighted by Gasteiger charge is -2.13. The first kappa shape index (κ1) is 11.1. The molecule has 1 aromatic rings. The van der Waals surface area contributed by atoms with Gasteiger partial charge < -0.3 is 15.2 Å². The number of fused-ring (bicyclic) bond motifs is 1. The molecule has 0 bridgehead atoms. The normalized spacial score (nSPS) is 14.2. The molecule has 0 amide bonds. The van der Waals surface area contributed by atoms with E-state index in [1.807, 2.05) is 0 Å². The van der Waals surface area contributed by atoms with Gasteiger partial charge >= 0.3 is 0 Å². The van der Waals surface area contributed by atoms with Gasteiger partial charge in [-0.3, -0.25) is 0 Å². The van der Waals surface area contributed by atoms with Crippen molar-refractivity contribution in [1.82, 2.24) is 0 Å². The highest BCUT2D eigenvalue weighted by atomic mass is 19.3. The van der Waals surface area contributed by atoms with Crippen molar-refractivity contribution in [2.75, 3.05) is 13.3 Å². The van der Waals surface area contributed by atoms with Crippen LogP contribution in [0.3, 0.4) is 0 Å². The lowest BCUT2D eigenvalue weighted by molar-refractivity contribution is 0.0172. The van der Waals surface area contributed by atoms with E-state index in [0.717, 1.165) is 6.92 Å².